The molecule has 0 aliphatic rings. The molecule has 0 aliphatic carbocycles. The molecule has 2 heterocycles. The third-order valence-corrected chi connectivity index (χ3v) is 2.66. The molecule has 0 bridgehead atoms. The highest BCUT2D eigenvalue weighted by Crippen LogP contribution is 2.31. The zero-order valence-electron chi connectivity index (χ0n) is 9.14. The minimum Gasteiger partial charge on any atom is -0.418 e. The smallest absolute Gasteiger partial charge is 0.304 e. The molecule has 0 atom stereocenters. The van der Waals surface area contributed by atoms with Gasteiger partial charge in [-0.05, 0) is 6.07 Å². The van der Waals surface area contributed by atoms with Crippen LogP contribution in [0.3, 0.4) is 0 Å². The van der Waals surface area contributed by atoms with E-state index in [1.165, 1.54) is 6.26 Å². The number of halogens is 1. The number of rotatable bonds is 2. The van der Waals surface area contributed by atoms with E-state index in [1.807, 2.05) is 20.2 Å². The van der Waals surface area contributed by atoms with E-state index in [-0.39, 0.29) is 0 Å². The molecule has 16 heavy (non-hydrogen) atoms. The quantitative estimate of drug-likeness (QED) is 0.819. The molecule has 2 aromatic rings. The van der Waals surface area contributed by atoms with E-state index in [2.05, 4.69) is 4.98 Å². The maximum atomic E-state index is 5.80. The van der Waals surface area contributed by atoms with Crippen LogP contribution in [0, 0.1) is 0 Å². The van der Waals surface area contributed by atoms with Gasteiger partial charge in [0.15, 0.2) is 0 Å². The fourth-order valence-electron chi connectivity index (χ4n) is 1.44. The average molecular weight is 239 g/mol. The molecule has 0 aliphatic heterocycles. The van der Waals surface area contributed by atoms with Crippen LogP contribution in [0.1, 0.15) is 0 Å². The Morgan fingerprint density at radius 3 is 2.62 bits per heavy atom. The van der Waals surface area contributed by atoms with Gasteiger partial charge in [-0.3, -0.25) is 0 Å². The SMILES string of the molecule is C[N+](C)(c1ccc(Cl)cn1)c1cc(N)co1. The lowest BCUT2D eigenvalue weighted by molar-refractivity contribution is 0.415. The Balaban J connectivity index is 2.42. The molecule has 0 radical (unpaired) electrons. The van der Waals surface area contributed by atoms with Crippen molar-refractivity contribution < 1.29 is 4.42 Å². The van der Waals surface area contributed by atoms with Gasteiger partial charge in [0, 0.05) is 6.07 Å². The Kier molecular flexibility index (Phi) is 2.61. The lowest BCUT2D eigenvalue weighted by Crippen LogP contribution is -2.34. The van der Waals surface area contributed by atoms with Crippen LogP contribution in [0.5, 0.6) is 0 Å². The molecule has 2 rings (SSSR count). The first kappa shape index (κ1) is 11.0. The average Bonchev–Trinajstić information content (AvgIpc) is 2.66. The van der Waals surface area contributed by atoms with Crippen LogP contribution in [-0.2, 0) is 0 Å². The first-order chi connectivity index (χ1) is 7.50. The van der Waals surface area contributed by atoms with Crippen molar-refractivity contribution >= 4 is 29.0 Å². The Morgan fingerprint density at radius 2 is 2.12 bits per heavy atom. The van der Waals surface area contributed by atoms with E-state index in [4.69, 9.17) is 21.8 Å². The third-order valence-electron chi connectivity index (χ3n) is 2.44. The highest BCUT2D eigenvalue weighted by Gasteiger charge is 2.27. The van der Waals surface area contributed by atoms with Gasteiger partial charge in [0.25, 0.3) is 0 Å². The zero-order valence-corrected chi connectivity index (χ0v) is 9.90. The van der Waals surface area contributed by atoms with Gasteiger partial charge >= 0.3 is 5.88 Å². The standard InChI is InChI=1S/C11H13ClN3O/c1-15(2,11-5-9(13)7-16-11)10-4-3-8(12)6-14-10/h3-7H,13H2,1-2H3/q+1. The lowest BCUT2D eigenvalue weighted by atomic mass is 10.4. The fourth-order valence-corrected chi connectivity index (χ4v) is 1.56. The van der Waals surface area contributed by atoms with Gasteiger partial charge in [0.1, 0.15) is 6.26 Å². The van der Waals surface area contributed by atoms with Gasteiger partial charge in [-0.25, -0.2) is 9.47 Å². The van der Waals surface area contributed by atoms with Crippen molar-refractivity contribution in [3.8, 4) is 0 Å². The number of hydrogen-bond acceptors (Lipinski definition) is 3. The van der Waals surface area contributed by atoms with Crippen LogP contribution in [-0.4, -0.2) is 19.1 Å². The highest BCUT2D eigenvalue weighted by molar-refractivity contribution is 6.30. The summed E-state index contributed by atoms with van der Waals surface area (Å²) in [6.45, 7) is 0. The summed E-state index contributed by atoms with van der Waals surface area (Å²) in [6, 6.07) is 5.45. The van der Waals surface area contributed by atoms with Gasteiger partial charge in [-0.15, -0.1) is 0 Å². The summed E-state index contributed by atoms with van der Waals surface area (Å²) in [4.78, 5) is 4.28. The Bertz CT molecular complexity index is 490. The van der Waals surface area contributed by atoms with Crippen molar-refractivity contribution in [2.75, 3.05) is 19.8 Å². The number of anilines is 1. The molecule has 0 aromatic carbocycles. The number of quaternary nitrogens is 1. The Hall–Kier alpha value is -1.52. The molecule has 4 nitrogen and oxygen atoms in total. The number of nitrogen functional groups attached to an aromatic ring is 1. The summed E-state index contributed by atoms with van der Waals surface area (Å²) in [5.74, 6) is 1.56. The minimum atomic E-state index is 0.383. The zero-order chi connectivity index (χ0) is 11.8. The number of hydrogen-bond donors (Lipinski definition) is 1. The molecule has 5 heteroatoms. The molecular weight excluding hydrogens is 226 g/mol. The molecule has 84 valence electrons. The van der Waals surface area contributed by atoms with Crippen LogP contribution >= 0.6 is 11.6 Å². The molecule has 0 fully saturated rings. The second kappa shape index (κ2) is 3.81. The van der Waals surface area contributed by atoms with Gasteiger partial charge in [-0.1, -0.05) is 11.6 Å². The molecule has 0 saturated carbocycles. The van der Waals surface area contributed by atoms with E-state index in [0.29, 0.717) is 15.2 Å². The van der Waals surface area contributed by atoms with Crippen LogP contribution in [0.2, 0.25) is 5.02 Å². The van der Waals surface area contributed by atoms with Crippen molar-refractivity contribution in [1.29, 1.82) is 0 Å². The minimum absolute atomic E-state index is 0.383. The summed E-state index contributed by atoms with van der Waals surface area (Å²) in [7, 11) is 3.93. The number of pyridine rings is 1. The van der Waals surface area contributed by atoms with Crippen molar-refractivity contribution in [3.05, 3.63) is 35.7 Å². The van der Waals surface area contributed by atoms with Gasteiger partial charge < -0.3 is 10.2 Å². The molecule has 0 amide bonds. The summed E-state index contributed by atoms with van der Waals surface area (Å²) in [5, 5.41) is 0.614. The van der Waals surface area contributed by atoms with Crippen LogP contribution < -0.4 is 10.2 Å². The van der Waals surface area contributed by atoms with Crippen molar-refractivity contribution in [2.24, 2.45) is 0 Å². The van der Waals surface area contributed by atoms with Gasteiger partial charge in [0.05, 0.1) is 37.1 Å². The van der Waals surface area contributed by atoms with Gasteiger partial charge in [-0.2, -0.15) is 0 Å². The topological polar surface area (TPSA) is 52.0 Å². The number of aromatic nitrogens is 1. The normalized spacial score (nSPS) is 11.7. The van der Waals surface area contributed by atoms with Gasteiger partial charge in [0.2, 0.25) is 5.82 Å². The summed E-state index contributed by atoms with van der Waals surface area (Å²) in [6.07, 6.45) is 3.13. The maximum Gasteiger partial charge on any atom is 0.304 e. The molecule has 2 aromatic heterocycles. The first-order valence-electron chi connectivity index (χ1n) is 4.81. The molecule has 0 saturated heterocycles. The van der Waals surface area contributed by atoms with Crippen molar-refractivity contribution in [2.45, 2.75) is 0 Å². The van der Waals surface area contributed by atoms with E-state index in [0.717, 1.165) is 11.7 Å². The largest absolute Gasteiger partial charge is 0.418 e. The Morgan fingerprint density at radius 1 is 1.38 bits per heavy atom. The van der Waals surface area contributed by atoms with E-state index in [9.17, 15) is 0 Å². The second-order valence-electron chi connectivity index (χ2n) is 4.01. The van der Waals surface area contributed by atoms with Crippen molar-refractivity contribution in [3.63, 3.8) is 0 Å². The number of furan rings is 1. The number of nitrogens with two attached hydrogens (primary N) is 1. The number of nitrogens with zero attached hydrogens (tertiary/aromatic N) is 2. The molecular formula is C11H13ClN3O+. The molecule has 0 unspecified atom stereocenters. The summed E-state index contributed by atoms with van der Waals surface area (Å²) >= 11 is 5.80. The maximum absolute atomic E-state index is 5.80. The summed E-state index contributed by atoms with van der Waals surface area (Å²) in [5.41, 5.74) is 6.24. The first-order valence-corrected chi connectivity index (χ1v) is 5.18. The van der Waals surface area contributed by atoms with E-state index in [1.54, 1.807) is 18.3 Å². The van der Waals surface area contributed by atoms with Crippen LogP contribution in [0.15, 0.2) is 35.1 Å². The second-order valence-corrected chi connectivity index (χ2v) is 4.44. The summed E-state index contributed by atoms with van der Waals surface area (Å²) < 4.78 is 5.77. The van der Waals surface area contributed by atoms with Crippen LogP contribution in [0.4, 0.5) is 17.4 Å². The lowest BCUT2D eigenvalue weighted by Gasteiger charge is -2.23. The van der Waals surface area contributed by atoms with E-state index < -0.39 is 0 Å². The van der Waals surface area contributed by atoms with E-state index >= 15 is 0 Å². The third kappa shape index (κ3) is 1.89. The monoisotopic (exact) mass is 238 g/mol. The predicted molar refractivity (Wildman–Crippen MR) is 65.7 cm³/mol. The fraction of sp³-hybridized carbons (Fsp3) is 0.182. The molecule has 0 spiro atoms. The predicted octanol–water partition coefficient (Wildman–Crippen LogP) is 2.81. The highest BCUT2D eigenvalue weighted by atomic mass is 35.5. The molecule has 2 N–H and O–H groups in total. The Labute approximate surface area is 98.8 Å². The van der Waals surface area contributed by atoms with Crippen molar-refractivity contribution in [1.82, 2.24) is 9.47 Å². The van der Waals surface area contributed by atoms with Crippen LogP contribution in [0.25, 0.3) is 0 Å².